The highest BCUT2D eigenvalue weighted by Crippen LogP contribution is 2.28. The minimum absolute atomic E-state index is 0.0248. The van der Waals surface area contributed by atoms with Crippen LogP contribution < -0.4 is 0 Å². The summed E-state index contributed by atoms with van der Waals surface area (Å²) >= 11 is 6.32. The van der Waals surface area contributed by atoms with Crippen LogP contribution in [0.5, 0.6) is 0 Å². The molecule has 168 valence electrons. The number of fused-ring (bicyclic) bond motifs is 1. The van der Waals surface area contributed by atoms with E-state index < -0.39 is 21.9 Å². The zero-order valence-corrected chi connectivity index (χ0v) is 19.2. The molecule has 0 N–H and O–H groups in total. The van der Waals surface area contributed by atoms with E-state index in [-0.39, 0.29) is 21.0 Å². The summed E-state index contributed by atoms with van der Waals surface area (Å²) in [4.78, 5) is 25.7. The van der Waals surface area contributed by atoms with Gasteiger partial charge in [0.2, 0.25) is 10.0 Å². The summed E-state index contributed by atoms with van der Waals surface area (Å²) in [6.07, 6.45) is 5.01. The van der Waals surface area contributed by atoms with Gasteiger partial charge in [-0.2, -0.15) is 4.31 Å². The Morgan fingerprint density at radius 1 is 0.969 bits per heavy atom. The molecule has 3 aromatic rings. The third kappa shape index (κ3) is 4.05. The number of methoxy groups -OCH3 is 1. The number of carbonyl (C=O) groups is 2. The van der Waals surface area contributed by atoms with E-state index in [0.717, 1.165) is 25.7 Å². The Morgan fingerprint density at radius 3 is 2.34 bits per heavy atom. The number of hydrogen-bond donors (Lipinski definition) is 0. The molecule has 9 heteroatoms. The number of carbonyl (C=O) groups excluding carboxylic acids is 2. The third-order valence-electron chi connectivity index (χ3n) is 5.71. The first-order chi connectivity index (χ1) is 15.3. The van der Waals surface area contributed by atoms with Gasteiger partial charge in [-0.25, -0.2) is 13.2 Å². The molecule has 2 aromatic carbocycles. The van der Waals surface area contributed by atoms with Crippen molar-refractivity contribution in [3.8, 4) is 0 Å². The number of benzene rings is 2. The molecule has 1 saturated heterocycles. The second-order valence-corrected chi connectivity index (χ2v) is 10.0. The number of ether oxygens (including phenoxy) is 1. The van der Waals surface area contributed by atoms with Crippen LogP contribution in [0, 0.1) is 0 Å². The standard InChI is InChI=1S/C23H23ClN2O5S/c1-31-23(28)19-15-26(21-9-5-4-8-17(19)21)22(27)18-14-16(10-11-20(18)24)32(29,30)25-12-6-2-3-7-13-25/h4-5,8-11,14-15H,2-3,6-7,12-13H2,1H3. The van der Waals surface area contributed by atoms with Gasteiger partial charge >= 0.3 is 5.97 Å². The van der Waals surface area contributed by atoms with Crippen LogP contribution in [0.3, 0.4) is 0 Å². The van der Waals surface area contributed by atoms with Gasteiger partial charge in [0.25, 0.3) is 5.91 Å². The third-order valence-corrected chi connectivity index (χ3v) is 7.93. The van der Waals surface area contributed by atoms with E-state index in [1.54, 1.807) is 24.3 Å². The molecule has 0 amide bonds. The van der Waals surface area contributed by atoms with E-state index in [9.17, 15) is 18.0 Å². The number of halogens is 1. The molecule has 0 bridgehead atoms. The topological polar surface area (TPSA) is 85.7 Å². The van der Waals surface area contributed by atoms with Gasteiger partial charge in [0.15, 0.2) is 0 Å². The minimum Gasteiger partial charge on any atom is -0.465 e. The molecule has 4 rings (SSSR count). The van der Waals surface area contributed by atoms with E-state index in [4.69, 9.17) is 16.3 Å². The summed E-state index contributed by atoms with van der Waals surface area (Å²) in [5, 5.41) is 0.680. The summed E-state index contributed by atoms with van der Waals surface area (Å²) < 4.78 is 34.0. The Balaban J connectivity index is 1.78. The molecule has 0 atom stereocenters. The molecule has 1 aromatic heterocycles. The van der Waals surface area contributed by atoms with Crippen LogP contribution in [0.25, 0.3) is 10.9 Å². The lowest BCUT2D eigenvalue weighted by molar-refractivity contribution is 0.0603. The number of sulfonamides is 1. The van der Waals surface area contributed by atoms with E-state index in [2.05, 4.69) is 0 Å². The number of nitrogens with zero attached hydrogens (tertiary/aromatic N) is 2. The first-order valence-corrected chi connectivity index (χ1v) is 12.2. The summed E-state index contributed by atoms with van der Waals surface area (Å²) in [6.45, 7) is 0.915. The number of para-hydroxylation sites is 1. The normalized spacial score (nSPS) is 15.4. The minimum atomic E-state index is -3.76. The second kappa shape index (κ2) is 9.05. The van der Waals surface area contributed by atoms with Gasteiger partial charge in [0, 0.05) is 24.7 Å². The zero-order chi connectivity index (χ0) is 22.9. The second-order valence-electron chi connectivity index (χ2n) is 7.69. The summed E-state index contributed by atoms with van der Waals surface area (Å²) in [6, 6.07) is 11.1. The predicted molar refractivity (Wildman–Crippen MR) is 122 cm³/mol. The highest BCUT2D eigenvalue weighted by atomic mass is 35.5. The Bertz CT molecular complexity index is 1290. The van der Waals surface area contributed by atoms with E-state index in [0.29, 0.717) is 24.0 Å². The summed E-state index contributed by atoms with van der Waals surface area (Å²) in [7, 11) is -2.49. The van der Waals surface area contributed by atoms with Crippen molar-refractivity contribution < 1.29 is 22.7 Å². The fourth-order valence-electron chi connectivity index (χ4n) is 4.01. The van der Waals surface area contributed by atoms with Gasteiger partial charge < -0.3 is 4.74 Å². The number of aromatic nitrogens is 1. The first-order valence-electron chi connectivity index (χ1n) is 10.4. The number of hydrogen-bond acceptors (Lipinski definition) is 5. The van der Waals surface area contributed by atoms with Crippen molar-refractivity contribution >= 4 is 44.4 Å². The Kier molecular flexibility index (Phi) is 6.37. The quantitative estimate of drug-likeness (QED) is 0.525. The Morgan fingerprint density at radius 2 is 1.66 bits per heavy atom. The average molecular weight is 475 g/mol. The highest BCUT2D eigenvalue weighted by Gasteiger charge is 2.28. The number of esters is 1. The molecule has 2 heterocycles. The van der Waals surface area contributed by atoms with Gasteiger partial charge in [-0.15, -0.1) is 0 Å². The largest absolute Gasteiger partial charge is 0.465 e. The maximum atomic E-state index is 13.4. The lowest BCUT2D eigenvalue weighted by atomic mass is 10.2. The smallest absolute Gasteiger partial charge is 0.340 e. The molecule has 0 spiro atoms. The molecule has 1 aliphatic rings. The van der Waals surface area contributed by atoms with Gasteiger partial charge in [-0.1, -0.05) is 42.6 Å². The lowest BCUT2D eigenvalue weighted by Gasteiger charge is -2.20. The molecule has 7 nitrogen and oxygen atoms in total. The highest BCUT2D eigenvalue weighted by molar-refractivity contribution is 7.89. The van der Waals surface area contributed by atoms with Crippen LogP contribution in [0.2, 0.25) is 5.02 Å². The zero-order valence-electron chi connectivity index (χ0n) is 17.6. The first kappa shape index (κ1) is 22.5. The van der Waals surface area contributed by atoms with Crippen LogP contribution >= 0.6 is 11.6 Å². The lowest BCUT2D eigenvalue weighted by Crippen LogP contribution is -2.32. The van der Waals surface area contributed by atoms with Crippen molar-refractivity contribution in [3.05, 3.63) is 64.8 Å². The molecule has 0 unspecified atom stereocenters. The molecule has 0 aliphatic carbocycles. The van der Waals surface area contributed by atoms with Crippen molar-refractivity contribution in [2.75, 3.05) is 20.2 Å². The van der Waals surface area contributed by atoms with Gasteiger partial charge in [0.05, 0.1) is 33.7 Å². The predicted octanol–water partition coefficient (Wildman–Crippen LogP) is 4.33. The maximum Gasteiger partial charge on any atom is 0.340 e. The van der Waals surface area contributed by atoms with E-state index in [1.807, 2.05) is 0 Å². The molecular formula is C23H23ClN2O5S. The fraction of sp³-hybridized carbons (Fsp3) is 0.304. The van der Waals surface area contributed by atoms with Crippen molar-refractivity contribution in [2.45, 2.75) is 30.6 Å². The molecule has 32 heavy (non-hydrogen) atoms. The monoisotopic (exact) mass is 474 g/mol. The van der Waals surface area contributed by atoms with E-state index in [1.165, 1.54) is 40.4 Å². The van der Waals surface area contributed by atoms with Gasteiger partial charge in [-0.05, 0) is 37.1 Å². The van der Waals surface area contributed by atoms with Crippen LogP contribution in [0.4, 0.5) is 0 Å². The van der Waals surface area contributed by atoms with Crippen molar-refractivity contribution in [3.63, 3.8) is 0 Å². The summed E-state index contributed by atoms with van der Waals surface area (Å²) in [5.41, 5.74) is 0.774. The van der Waals surface area contributed by atoms with Crippen molar-refractivity contribution in [2.24, 2.45) is 0 Å². The number of rotatable bonds is 4. The molecular weight excluding hydrogens is 452 g/mol. The molecule has 1 aliphatic heterocycles. The van der Waals surface area contributed by atoms with Crippen molar-refractivity contribution in [1.29, 1.82) is 0 Å². The van der Waals surface area contributed by atoms with Gasteiger partial charge in [-0.3, -0.25) is 9.36 Å². The average Bonchev–Trinajstić information content (AvgIpc) is 2.96. The van der Waals surface area contributed by atoms with Crippen LogP contribution in [-0.4, -0.2) is 49.4 Å². The van der Waals surface area contributed by atoms with Crippen LogP contribution in [0.1, 0.15) is 46.4 Å². The van der Waals surface area contributed by atoms with Crippen molar-refractivity contribution in [1.82, 2.24) is 8.87 Å². The van der Waals surface area contributed by atoms with Crippen LogP contribution in [-0.2, 0) is 14.8 Å². The van der Waals surface area contributed by atoms with E-state index >= 15 is 0 Å². The molecule has 0 saturated carbocycles. The maximum absolute atomic E-state index is 13.4. The molecule has 1 fully saturated rings. The SMILES string of the molecule is COC(=O)c1cn(C(=O)c2cc(S(=O)(=O)N3CCCCCC3)ccc2Cl)c2ccccc12. The Labute approximate surface area is 191 Å². The summed E-state index contributed by atoms with van der Waals surface area (Å²) in [5.74, 6) is -1.11. The fourth-order valence-corrected chi connectivity index (χ4v) is 5.75. The molecule has 0 radical (unpaired) electrons. The van der Waals surface area contributed by atoms with Gasteiger partial charge in [0.1, 0.15) is 0 Å². The van der Waals surface area contributed by atoms with Crippen LogP contribution in [0.15, 0.2) is 53.6 Å². The Hall–Kier alpha value is -2.68.